The maximum absolute atomic E-state index is 12.4. The highest BCUT2D eigenvalue weighted by Crippen LogP contribution is 2.23. The van der Waals surface area contributed by atoms with E-state index < -0.39 is 0 Å². The molecule has 2 aromatic rings. The van der Waals surface area contributed by atoms with Crippen LogP contribution in [0.3, 0.4) is 0 Å². The minimum Gasteiger partial charge on any atom is -0.323 e. The summed E-state index contributed by atoms with van der Waals surface area (Å²) in [6, 6.07) is 11.6. The maximum atomic E-state index is 12.4. The third-order valence-electron chi connectivity index (χ3n) is 3.55. The third kappa shape index (κ3) is 2.56. The van der Waals surface area contributed by atoms with Crippen LogP contribution in [0.4, 0.5) is 5.69 Å². The zero-order valence-corrected chi connectivity index (χ0v) is 11.4. The minimum atomic E-state index is -0.291. The van der Waals surface area contributed by atoms with Crippen molar-refractivity contribution in [2.24, 2.45) is 0 Å². The summed E-state index contributed by atoms with van der Waals surface area (Å²) in [6.45, 7) is 2.74. The second-order valence-electron chi connectivity index (χ2n) is 5.01. The molecule has 0 radical (unpaired) electrons. The number of nitrogens with zero attached hydrogens (tertiary/aromatic N) is 1. The van der Waals surface area contributed by atoms with E-state index in [-0.39, 0.29) is 11.9 Å². The Hall–Kier alpha value is -2.20. The fourth-order valence-electron chi connectivity index (χ4n) is 2.49. The lowest BCUT2D eigenvalue weighted by Crippen LogP contribution is -2.38. The second-order valence-corrected chi connectivity index (χ2v) is 5.01. The monoisotopic (exact) mass is 267 g/mol. The molecule has 20 heavy (non-hydrogen) atoms. The Balaban J connectivity index is 1.80. The largest absolute Gasteiger partial charge is 0.323 e. The summed E-state index contributed by atoms with van der Waals surface area (Å²) < 4.78 is 0. The molecule has 0 bridgehead atoms. The molecule has 3 rings (SSSR count). The van der Waals surface area contributed by atoms with E-state index in [1.807, 2.05) is 37.3 Å². The van der Waals surface area contributed by atoms with Gasteiger partial charge in [-0.1, -0.05) is 24.3 Å². The molecule has 0 fully saturated rings. The lowest BCUT2D eigenvalue weighted by molar-refractivity contribution is -0.118. The molecule has 1 aliphatic rings. The van der Waals surface area contributed by atoms with Crippen molar-refractivity contribution >= 4 is 11.6 Å². The van der Waals surface area contributed by atoms with Crippen molar-refractivity contribution in [2.45, 2.75) is 19.4 Å². The van der Waals surface area contributed by atoms with E-state index in [1.54, 1.807) is 6.20 Å². The minimum absolute atomic E-state index is 0.0391. The van der Waals surface area contributed by atoms with Gasteiger partial charge in [-0.3, -0.25) is 9.78 Å². The molecule has 1 amide bonds. The normalized spacial score (nSPS) is 17.4. The fourth-order valence-corrected chi connectivity index (χ4v) is 2.49. The van der Waals surface area contributed by atoms with Gasteiger partial charge in [0.15, 0.2) is 0 Å². The quantitative estimate of drug-likeness (QED) is 0.877. The van der Waals surface area contributed by atoms with Crippen LogP contribution in [0.15, 0.2) is 42.6 Å². The van der Waals surface area contributed by atoms with Crippen LogP contribution in [0.1, 0.15) is 22.9 Å². The van der Waals surface area contributed by atoms with Gasteiger partial charge in [-0.25, -0.2) is 0 Å². The average Bonchev–Trinajstić information content (AvgIpc) is 2.49. The standard InChI is InChI=1S/C16H17N3O/c1-11-6-7-13(10-18-11)19-16(20)15-14-5-3-2-4-12(14)8-9-17-15/h2-7,10,15,17H,8-9H2,1H3,(H,19,20). The first-order chi connectivity index (χ1) is 9.74. The number of carbonyl (C=O) groups is 1. The fraction of sp³-hybridized carbons (Fsp3) is 0.250. The van der Waals surface area contributed by atoms with Gasteiger partial charge in [0.1, 0.15) is 6.04 Å². The molecule has 1 aromatic heterocycles. The van der Waals surface area contributed by atoms with Crippen molar-refractivity contribution in [1.29, 1.82) is 0 Å². The lowest BCUT2D eigenvalue weighted by Gasteiger charge is -2.26. The second kappa shape index (κ2) is 5.43. The van der Waals surface area contributed by atoms with E-state index in [0.717, 1.165) is 29.9 Å². The number of hydrogen-bond acceptors (Lipinski definition) is 3. The van der Waals surface area contributed by atoms with Crippen LogP contribution in [0.2, 0.25) is 0 Å². The summed E-state index contributed by atoms with van der Waals surface area (Å²) in [4.78, 5) is 16.6. The SMILES string of the molecule is Cc1ccc(NC(=O)C2NCCc3ccccc32)cn1. The first-order valence-corrected chi connectivity index (χ1v) is 6.79. The predicted octanol–water partition coefficient (Wildman–Crippen LogP) is 2.22. The topological polar surface area (TPSA) is 54.0 Å². The summed E-state index contributed by atoms with van der Waals surface area (Å²) in [5.74, 6) is -0.0391. The summed E-state index contributed by atoms with van der Waals surface area (Å²) in [5.41, 5.74) is 3.97. The number of carbonyl (C=O) groups excluding carboxylic acids is 1. The summed E-state index contributed by atoms with van der Waals surface area (Å²) in [6.07, 6.45) is 2.65. The number of aryl methyl sites for hydroxylation is 1. The van der Waals surface area contributed by atoms with E-state index in [4.69, 9.17) is 0 Å². The molecule has 0 spiro atoms. The van der Waals surface area contributed by atoms with Crippen molar-refractivity contribution in [3.8, 4) is 0 Å². The number of amides is 1. The van der Waals surface area contributed by atoms with Gasteiger partial charge in [0, 0.05) is 12.2 Å². The van der Waals surface area contributed by atoms with Crippen LogP contribution in [0.25, 0.3) is 0 Å². The summed E-state index contributed by atoms with van der Waals surface area (Å²) >= 11 is 0. The Morgan fingerprint density at radius 3 is 2.95 bits per heavy atom. The third-order valence-corrected chi connectivity index (χ3v) is 3.55. The highest BCUT2D eigenvalue weighted by Gasteiger charge is 2.25. The maximum Gasteiger partial charge on any atom is 0.246 e. The Kier molecular flexibility index (Phi) is 3.48. The van der Waals surface area contributed by atoms with E-state index in [9.17, 15) is 4.79 Å². The van der Waals surface area contributed by atoms with Crippen LogP contribution in [-0.4, -0.2) is 17.4 Å². The molecular formula is C16H17N3O. The smallest absolute Gasteiger partial charge is 0.246 e. The molecule has 4 heteroatoms. The molecule has 0 saturated heterocycles. The average molecular weight is 267 g/mol. The number of pyridine rings is 1. The van der Waals surface area contributed by atoms with E-state index in [2.05, 4.69) is 21.7 Å². The molecule has 0 aliphatic carbocycles. The van der Waals surface area contributed by atoms with Gasteiger partial charge in [0.2, 0.25) is 5.91 Å². The van der Waals surface area contributed by atoms with Crippen LogP contribution in [-0.2, 0) is 11.2 Å². The zero-order valence-electron chi connectivity index (χ0n) is 11.4. The Labute approximate surface area is 118 Å². The number of benzene rings is 1. The number of hydrogen-bond donors (Lipinski definition) is 2. The Morgan fingerprint density at radius 2 is 2.15 bits per heavy atom. The molecule has 2 N–H and O–H groups in total. The molecule has 102 valence electrons. The molecule has 4 nitrogen and oxygen atoms in total. The number of fused-ring (bicyclic) bond motifs is 1. The van der Waals surface area contributed by atoms with Crippen molar-refractivity contribution in [3.05, 3.63) is 59.4 Å². The van der Waals surface area contributed by atoms with Gasteiger partial charge in [-0.05, 0) is 36.6 Å². The van der Waals surface area contributed by atoms with Crippen LogP contribution < -0.4 is 10.6 Å². The molecule has 1 unspecified atom stereocenters. The molecule has 1 aliphatic heterocycles. The van der Waals surface area contributed by atoms with Gasteiger partial charge in [0.05, 0.1) is 11.9 Å². The lowest BCUT2D eigenvalue weighted by atomic mass is 9.94. The van der Waals surface area contributed by atoms with Gasteiger partial charge >= 0.3 is 0 Å². The van der Waals surface area contributed by atoms with Crippen molar-refractivity contribution < 1.29 is 4.79 Å². The van der Waals surface area contributed by atoms with Crippen LogP contribution in [0.5, 0.6) is 0 Å². The van der Waals surface area contributed by atoms with E-state index in [1.165, 1.54) is 5.56 Å². The molecule has 2 heterocycles. The molecule has 1 atom stereocenters. The van der Waals surface area contributed by atoms with Crippen molar-refractivity contribution in [1.82, 2.24) is 10.3 Å². The highest BCUT2D eigenvalue weighted by atomic mass is 16.2. The summed E-state index contributed by atoms with van der Waals surface area (Å²) in [7, 11) is 0. The first-order valence-electron chi connectivity index (χ1n) is 6.79. The highest BCUT2D eigenvalue weighted by molar-refractivity contribution is 5.95. The van der Waals surface area contributed by atoms with Gasteiger partial charge in [-0.2, -0.15) is 0 Å². The Morgan fingerprint density at radius 1 is 1.30 bits per heavy atom. The van der Waals surface area contributed by atoms with Gasteiger partial charge in [-0.15, -0.1) is 0 Å². The van der Waals surface area contributed by atoms with E-state index >= 15 is 0 Å². The molecule has 1 aromatic carbocycles. The van der Waals surface area contributed by atoms with Crippen LogP contribution in [0, 0.1) is 6.92 Å². The first kappa shape index (κ1) is 12.8. The molecular weight excluding hydrogens is 250 g/mol. The summed E-state index contributed by atoms with van der Waals surface area (Å²) in [5, 5.41) is 6.19. The van der Waals surface area contributed by atoms with Crippen LogP contribution >= 0.6 is 0 Å². The Bertz CT molecular complexity index is 622. The van der Waals surface area contributed by atoms with E-state index in [0.29, 0.717) is 0 Å². The zero-order chi connectivity index (χ0) is 13.9. The van der Waals surface area contributed by atoms with Crippen molar-refractivity contribution in [3.63, 3.8) is 0 Å². The van der Waals surface area contributed by atoms with Gasteiger partial charge < -0.3 is 10.6 Å². The predicted molar refractivity (Wildman–Crippen MR) is 78.5 cm³/mol. The van der Waals surface area contributed by atoms with Crippen molar-refractivity contribution in [2.75, 3.05) is 11.9 Å². The number of aromatic nitrogens is 1. The number of anilines is 1. The number of nitrogens with one attached hydrogen (secondary N) is 2. The number of rotatable bonds is 2. The van der Waals surface area contributed by atoms with Gasteiger partial charge in [0.25, 0.3) is 0 Å². The molecule has 0 saturated carbocycles.